The first-order chi connectivity index (χ1) is 12.9. The van der Waals surface area contributed by atoms with Crippen molar-refractivity contribution in [3.8, 4) is 0 Å². The fraction of sp³-hybridized carbons (Fsp3) is 0.350. The smallest absolute Gasteiger partial charge is 0.244 e. The van der Waals surface area contributed by atoms with Crippen molar-refractivity contribution in [3.05, 3.63) is 47.2 Å². The highest BCUT2D eigenvalue weighted by molar-refractivity contribution is 7.14. The number of carbonyl (C=O) groups excluding carboxylic acids is 2. The van der Waals surface area contributed by atoms with Gasteiger partial charge in [-0.2, -0.15) is 0 Å². The Kier molecular flexibility index (Phi) is 7.67. The Balaban J connectivity index is 2.03. The first-order valence-electron chi connectivity index (χ1n) is 8.85. The Morgan fingerprint density at radius 2 is 2.07 bits per heavy atom. The summed E-state index contributed by atoms with van der Waals surface area (Å²) in [7, 11) is 0. The van der Waals surface area contributed by atoms with Crippen LogP contribution in [0.1, 0.15) is 39.3 Å². The topological polar surface area (TPSA) is 62.3 Å². The number of thiazole rings is 1. The van der Waals surface area contributed by atoms with E-state index in [1.807, 2.05) is 0 Å². The van der Waals surface area contributed by atoms with Crippen LogP contribution in [0.2, 0.25) is 0 Å². The molecule has 7 heteroatoms. The van der Waals surface area contributed by atoms with Crippen LogP contribution in [0.5, 0.6) is 0 Å². The molecule has 0 spiro atoms. The number of halogens is 1. The molecular formula is C20H24FN3O2S. The SMILES string of the molecule is CC(=O)N(c1nc(/C=C/C(=O)NCCCC(C)C)cs1)c1ccccc1F. The van der Waals surface area contributed by atoms with Crippen LogP contribution in [-0.2, 0) is 9.59 Å². The molecule has 27 heavy (non-hydrogen) atoms. The second-order valence-corrected chi connectivity index (χ2v) is 7.36. The highest BCUT2D eigenvalue weighted by Crippen LogP contribution is 2.30. The first-order valence-corrected chi connectivity index (χ1v) is 9.73. The molecule has 0 radical (unpaired) electrons. The van der Waals surface area contributed by atoms with Crippen LogP contribution in [0, 0.1) is 11.7 Å². The molecule has 2 rings (SSSR count). The normalized spacial score (nSPS) is 11.1. The number of rotatable bonds is 8. The Labute approximate surface area is 162 Å². The molecule has 5 nitrogen and oxygen atoms in total. The predicted molar refractivity (Wildman–Crippen MR) is 107 cm³/mol. The molecule has 1 aromatic heterocycles. The van der Waals surface area contributed by atoms with Gasteiger partial charge in [0.25, 0.3) is 0 Å². The van der Waals surface area contributed by atoms with Gasteiger partial charge < -0.3 is 5.32 Å². The van der Waals surface area contributed by atoms with Crippen molar-refractivity contribution in [1.82, 2.24) is 10.3 Å². The average molecular weight is 389 g/mol. The maximum absolute atomic E-state index is 14.1. The van der Waals surface area contributed by atoms with E-state index < -0.39 is 5.82 Å². The van der Waals surface area contributed by atoms with Crippen LogP contribution in [0.3, 0.4) is 0 Å². The fourth-order valence-corrected chi connectivity index (χ4v) is 3.29. The number of amides is 2. The van der Waals surface area contributed by atoms with Gasteiger partial charge in [0, 0.05) is 24.9 Å². The quantitative estimate of drug-likeness (QED) is 0.533. The van der Waals surface area contributed by atoms with Gasteiger partial charge in [-0.3, -0.25) is 14.5 Å². The number of anilines is 2. The molecule has 0 saturated heterocycles. The standard InChI is InChI=1S/C20H24FN3O2S/c1-14(2)7-6-12-22-19(26)11-10-16-13-27-20(23-16)24(15(3)25)18-9-5-4-8-17(18)21/h4-5,8-11,13-14H,6-7,12H2,1-3H3,(H,22,26)/b11-10+. The van der Waals surface area contributed by atoms with E-state index in [1.54, 1.807) is 23.6 Å². The van der Waals surface area contributed by atoms with E-state index in [2.05, 4.69) is 24.1 Å². The van der Waals surface area contributed by atoms with Crippen LogP contribution >= 0.6 is 11.3 Å². The summed E-state index contributed by atoms with van der Waals surface area (Å²) in [5.41, 5.74) is 0.688. The van der Waals surface area contributed by atoms with Crippen LogP contribution in [0.15, 0.2) is 35.7 Å². The minimum atomic E-state index is -0.499. The maximum Gasteiger partial charge on any atom is 0.244 e. The first kappa shape index (κ1) is 20.8. The molecule has 0 aliphatic heterocycles. The molecule has 0 bridgehead atoms. The maximum atomic E-state index is 14.1. The number of hydrogen-bond acceptors (Lipinski definition) is 4. The van der Waals surface area contributed by atoms with Crippen molar-refractivity contribution in [2.45, 2.75) is 33.6 Å². The number of benzene rings is 1. The van der Waals surface area contributed by atoms with Crippen LogP contribution in [-0.4, -0.2) is 23.3 Å². The molecule has 0 saturated carbocycles. The van der Waals surface area contributed by atoms with E-state index in [0.29, 0.717) is 23.3 Å². The zero-order valence-electron chi connectivity index (χ0n) is 15.7. The third-order valence-corrected chi connectivity index (χ3v) is 4.62. The molecule has 0 fully saturated rings. The number of nitrogens with zero attached hydrogens (tertiary/aromatic N) is 2. The van der Waals surface area contributed by atoms with Crippen LogP contribution in [0.4, 0.5) is 15.2 Å². The van der Waals surface area contributed by atoms with E-state index in [4.69, 9.17) is 0 Å². The van der Waals surface area contributed by atoms with Gasteiger partial charge in [0.05, 0.1) is 11.4 Å². The van der Waals surface area contributed by atoms with Gasteiger partial charge in [0.2, 0.25) is 11.8 Å². The molecule has 0 atom stereocenters. The van der Waals surface area contributed by atoms with E-state index >= 15 is 0 Å². The minimum absolute atomic E-state index is 0.151. The molecule has 0 unspecified atom stereocenters. The Morgan fingerprint density at radius 3 is 2.74 bits per heavy atom. The predicted octanol–water partition coefficient (Wildman–Crippen LogP) is 4.53. The second kappa shape index (κ2) is 9.97. The van der Waals surface area contributed by atoms with Gasteiger partial charge in [-0.25, -0.2) is 9.37 Å². The van der Waals surface area contributed by atoms with Crippen molar-refractivity contribution in [2.24, 2.45) is 5.92 Å². The van der Waals surface area contributed by atoms with Gasteiger partial charge in [0.1, 0.15) is 5.82 Å². The molecule has 2 aromatic rings. The Bertz CT molecular complexity index is 817. The molecule has 144 valence electrons. The number of carbonyl (C=O) groups is 2. The molecule has 0 aliphatic rings. The highest BCUT2D eigenvalue weighted by Gasteiger charge is 2.20. The lowest BCUT2D eigenvalue weighted by Gasteiger charge is -2.18. The number of aromatic nitrogens is 1. The molecular weight excluding hydrogens is 365 g/mol. The van der Waals surface area contributed by atoms with Crippen molar-refractivity contribution < 1.29 is 14.0 Å². The zero-order chi connectivity index (χ0) is 19.8. The monoisotopic (exact) mass is 389 g/mol. The van der Waals surface area contributed by atoms with Crippen molar-refractivity contribution in [2.75, 3.05) is 11.4 Å². The Hall–Kier alpha value is -2.54. The molecule has 1 aromatic carbocycles. The number of hydrogen-bond donors (Lipinski definition) is 1. The summed E-state index contributed by atoms with van der Waals surface area (Å²) in [6, 6.07) is 6.04. The second-order valence-electron chi connectivity index (χ2n) is 6.52. The summed E-state index contributed by atoms with van der Waals surface area (Å²) in [6.45, 7) is 6.28. The summed E-state index contributed by atoms with van der Waals surface area (Å²) in [6.07, 6.45) is 5.00. The lowest BCUT2D eigenvalue weighted by molar-refractivity contribution is -0.117. The highest BCUT2D eigenvalue weighted by atomic mass is 32.1. The van der Waals surface area contributed by atoms with Gasteiger partial charge >= 0.3 is 0 Å². The van der Waals surface area contributed by atoms with Crippen molar-refractivity contribution in [1.29, 1.82) is 0 Å². The summed E-state index contributed by atoms with van der Waals surface area (Å²) in [5.74, 6) is -0.413. The summed E-state index contributed by atoms with van der Waals surface area (Å²) in [5, 5.41) is 4.89. The molecule has 1 heterocycles. The van der Waals surface area contributed by atoms with Gasteiger partial charge in [-0.15, -0.1) is 11.3 Å². The molecule has 2 amide bonds. The van der Waals surface area contributed by atoms with Crippen LogP contribution in [0.25, 0.3) is 6.08 Å². The summed E-state index contributed by atoms with van der Waals surface area (Å²) >= 11 is 1.21. The minimum Gasteiger partial charge on any atom is -0.353 e. The van der Waals surface area contributed by atoms with Crippen LogP contribution < -0.4 is 10.2 Å². The third-order valence-electron chi connectivity index (χ3n) is 3.77. The van der Waals surface area contributed by atoms with E-state index in [0.717, 1.165) is 12.8 Å². The third kappa shape index (κ3) is 6.29. The largest absolute Gasteiger partial charge is 0.353 e. The molecule has 0 aliphatic carbocycles. The van der Waals surface area contributed by atoms with E-state index in [9.17, 15) is 14.0 Å². The number of para-hydroxylation sites is 1. The fourth-order valence-electron chi connectivity index (χ4n) is 2.44. The summed E-state index contributed by atoms with van der Waals surface area (Å²) < 4.78 is 14.1. The lowest BCUT2D eigenvalue weighted by atomic mass is 10.1. The molecule has 1 N–H and O–H groups in total. The van der Waals surface area contributed by atoms with Gasteiger partial charge in [-0.1, -0.05) is 26.0 Å². The lowest BCUT2D eigenvalue weighted by Crippen LogP contribution is -2.23. The zero-order valence-corrected chi connectivity index (χ0v) is 16.6. The van der Waals surface area contributed by atoms with E-state index in [1.165, 1.54) is 41.4 Å². The summed E-state index contributed by atoms with van der Waals surface area (Å²) in [4.78, 5) is 29.4. The van der Waals surface area contributed by atoms with E-state index in [-0.39, 0.29) is 17.5 Å². The average Bonchev–Trinajstić information content (AvgIpc) is 3.07. The van der Waals surface area contributed by atoms with Crippen molar-refractivity contribution in [3.63, 3.8) is 0 Å². The van der Waals surface area contributed by atoms with Gasteiger partial charge in [-0.05, 0) is 37.0 Å². The van der Waals surface area contributed by atoms with Crippen molar-refractivity contribution >= 4 is 40.0 Å². The Morgan fingerprint density at radius 1 is 1.33 bits per heavy atom. The van der Waals surface area contributed by atoms with Gasteiger partial charge in [0.15, 0.2) is 5.13 Å². The number of nitrogens with one attached hydrogen (secondary N) is 1.